The molecule has 1 heterocycles. The molecule has 0 fully saturated rings. The Kier molecular flexibility index (Phi) is 6.26. The van der Waals surface area contributed by atoms with Crippen LogP contribution in [-0.4, -0.2) is 29.4 Å². The molecular formula is C22H20N2O6. The number of hydrogen-bond donors (Lipinski definition) is 0. The second kappa shape index (κ2) is 9.04. The lowest BCUT2D eigenvalue weighted by atomic mass is 10.1. The van der Waals surface area contributed by atoms with Crippen molar-refractivity contribution in [1.29, 1.82) is 0 Å². The number of nitro groups is 1. The summed E-state index contributed by atoms with van der Waals surface area (Å²) in [6, 6.07) is 17.8. The van der Waals surface area contributed by atoms with Crippen molar-refractivity contribution < 1.29 is 23.7 Å². The summed E-state index contributed by atoms with van der Waals surface area (Å²) in [5.74, 6) is -0.826. The highest BCUT2D eigenvalue weighted by Crippen LogP contribution is 2.25. The maximum absolute atomic E-state index is 12.7. The Morgan fingerprint density at radius 1 is 1.07 bits per heavy atom. The molecule has 0 radical (unpaired) electrons. The first-order valence-corrected chi connectivity index (χ1v) is 9.32. The molecular weight excluding hydrogens is 388 g/mol. The summed E-state index contributed by atoms with van der Waals surface area (Å²) in [7, 11) is 0. The molecule has 8 heteroatoms. The fourth-order valence-corrected chi connectivity index (χ4v) is 2.91. The van der Waals surface area contributed by atoms with Crippen molar-refractivity contribution in [3.8, 4) is 11.3 Å². The molecule has 0 aliphatic heterocycles. The van der Waals surface area contributed by atoms with Gasteiger partial charge in [-0.3, -0.25) is 14.9 Å². The molecule has 154 valence electrons. The van der Waals surface area contributed by atoms with Gasteiger partial charge in [0.15, 0.2) is 6.10 Å². The zero-order valence-electron chi connectivity index (χ0n) is 16.5. The van der Waals surface area contributed by atoms with Crippen LogP contribution >= 0.6 is 0 Å². The number of rotatable bonds is 7. The topological polar surface area (TPSA) is 103 Å². The van der Waals surface area contributed by atoms with E-state index >= 15 is 0 Å². The number of anilines is 1. The largest absolute Gasteiger partial charge is 0.449 e. The fraction of sp³-hybridized carbons (Fsp3) is 0.182. The smallest absolute Gasteiger partial charge is 0.375 e. The van der Waals surface area contributed by atoms with Crippen molar-refractivity contribution >= 4 is 23.3 Å². The first kappa shape index (κ1) is 20.8. The normalized spacial score (nSPS) is 11.5. The van der Waals surface area contributed by atoms with Gasteiger partial charge in [0.25, 0.3) is 11.6 Å². The Morgan fingerprint density at radius 2 is 1.73 bits per heavy atom. The Bertz CT molecular complexity index is 1040. The second-order valence-electron chi connectivity index (χ2n) is 6.43. The summed E-state index contributed by atoms with van der Waals surface area (Å²) in [5, 5.41) is 10.8. The number of benzene rings is 2. The Balaban J connectivity index is 1.68. The molecule has 8 nitrogen and oxygen atoms in total. The van der Waals surface area contributed by atoms with Gasteiger partial charge in [0.2, 0.25) is 5.76 Å². The summed E-state index contributed by atoms with van der Waals surface area (Å²) in [6.45, 7) is 3.77. The van der Waals surface area contributed by atoms with Gasteiger partial charge in [-0.05, 0) is 50.2 Å². The van der Waals surface area contributed by atoms with Crippen LogP contribution < -0.4 is 4.90 Å². The van der Waals surface area contributed by atoms with Crippen molar-refractivity contribution in [2.45, 2.75) is 20.0 Å². The highest BCUT2D eigenvalue weighted by Gasteiger charge is 2.26. The van der Waals surface area contributed by atoms with Crippen LogP contribution in [0.15, 0.2) is 71.1 Å². The summed E-state index contributed by atoms with van der Waals surface area (Å²) in [4.78, 5) is 36.9. The third-order valence-corrected chi connectivity index (χ3v) is 4.45. The van der Waals surface area contributed by atoms with Crippen molar-refractivity contribution in [3.63, 3.8) is 0 Å². The van der Waals surface area contributed by atoms with E-state index in [1.165, 1.54) is 42.2 Å². The lowest BCUT2D eigenvalue weighted by molar-refractivity contribution is -0.384. The van der Waals surface area contributed by atoms with Gasteiger partial charge in [-0.15, -0.1) is 0 Å². The van der Waals surface area contributed by atoms with Crippen LogP contribution in [0.3, 0.4) is 0 Å². The van der Waals surface area contributed by atoms with Crippen LogP contribution in [0.1, 0.15) is 24.4 Å². The van der Waals surface area contributed by atoms with E-state index in [1.807, 2.05) is 25.1 Å². The molecule has 0 aliphatic carbocycles. The van der Waals surface area contributed by atoms with Crippen molar-refractivity contribution in [2.24, 2.45) is 0 Å². The van der Waals surface area contributed by atoms with Gasteiger partial charge in [0.1, 0.15) is 5.76 Å². The standard InChI is InChI=1S/C22H20N2O6/c1-3-23(17-7-5-4-6-8-17)21(25)15(2)29-22(26)20-14-13-19(30-20)16-9-11-18(12-10-16)24(27)28/h4-15H,3H2,1-2H3/t15-/m1/s1. The fourth-order valence-electron chi connectivity index (χ4n) is 2.91. The number of ether oxygens (including phenoxy) is 1. The minimum absolute atomic E-state index is 0.0452. The molecule has 0 saturated heterocycles. The van der Waals surface area contributed by atoms with E-state index in [2.05, 4.69) is 0 Å². The Hall–Kier alpha value is -3.94. The summed E-state index contributed by atoms with van der Waals surface area (Å²) in [5.41, 5.74) is 1.24. The molecule has 0 N–H and O–H groups in total. The Morgan fingerprint density at radius 3 is 2.33 bits per heavy atom. The predicted octanol–water partition coefficient (Wildman–Crippen LogP) is 4.45. The van der Waals surface area contributed by atoms with Crippen molar-refractivity contribution in [3.05, 3.63) is 82.6 Å². The van der Waals surface area contributed by atoms with E-state index in [4.69, 9.17) is 9.15 Å². The zero-order valence-corrected chi connectivity index (χ0v) is 16.5. The highest BCUT2D eigenvalue weighted by molar-refractivity contribution is 5.98. The van der Waals surface area contributed by atoms with E-state index in [0.717, 1.165) is 0 Å². The maximum Gasteiger partial charge on any atom is 0.375 e. The van der Waals surface area contributed by atoms with E-state index < -0.39 is 17.0 Å². The number of esters is 1. The SMILES string of the molecule is CCN(C(=O)[C@@H](C)OC(=O)c1ccc(-c2ccc([N+](=O)[O-])cc2)o1)c1ccccc1. The first-order chi connectivity index (χ1) is 14.4. The third kappa shape index (κ3) is 4.54. The number of nitrogens with zero attached hydrogens (tertiary/aromatic N) is 2. The second-order valence-corrected chi connectivity index (χ2v) is 6.43. The molecule has 3 rings (SSSR count). The molecule has 0 saturated carbocycles. The third-order valence-electron chi connectivity index (χ3n) is 4.45. The summed E-state index contributed by atoms with van der Waals surface area (Å²) < 4.78 is 10.8. The predicted molar refractivity (Wildman–Crippen MR) is 110 cm³/mol. The van der Waals surface area contributed by atoms with Gasteiger partial charge in [0.05, 0.1) is 4.92 Å². The number of furan rings is 1. The number of para-hydroxylation sites is 1. The number of carbonyl (C=O) groups is 2. The number of carbonyl (C=O) groups excluding carboxylic acids is 2. The van der Waals surface area contributed by atoms with Crippen LogP contribution in [0.25, 0.3) is 11.3 Å². The molecule has 1 amide bonds. The van der Waals surface area contributed by atoms with E-state index in [0.29, 0.717) is 23.6 Å². The highest BCUT2D eigenvalue weighted by atomic mass is 16.6. The van der Waals surface area contributed by atoms with E-state index in [9.17, 15) is 19.7 Å². The van der Waals surface area contributed by atoms with Gasteiger partial charge in [-0.1, -0.05) is 18.2 Å². The molecule has 1 atom stereocenters. The molecule has 0 bridgehead atoms. The van der Waals surface area contributed by atoms with Crippen molar-refractivity contribution in [2.75, 3.05) is 11.4 Å². The summed E-state index contributed by atoms with van der Waals surface area (Å²) >= 11 is 0. The Labute approximate surface area is 172 Å². The van der Waals surface area contributed by atoms with Gasteiger partial charge in [-0.2, -0.15) is 0 Å². The van der Waals surface area contributed by atoms with Crippen molar-refractivity contribution in [1.82, 2.24) is 0 Å². The molecule has 0 spiro atoms. The number of hydrogen-bond acceptors (Lipinski definition) is 6. The van der Waals surface area contributed by atoms with Crippen LogP contribution in [0.2, 0.25) is 0 Å². The monoisotopic (exact) mass is 408 g/mol. The minimum Gasteiger partial charge on any atom is -0.449 e. The van der Waals surface area contributed by atoms with Gasteiger partial charge >= 0.3 is 5.97 Å². The number of likely N-dealkylation sites (N-methyl/N-ethyl adjacent to an activating group) is 1. The molecule has 1 aromatic heterocycles. The molecule has 30 heavy (non-hydrogen) atoms. The van der Waals surface area contributed by atoms with Crippen LogP contribution in [0.5, 0.6) is 0 Å². The maximum atomic E-state index is 12.7. The van der Waals surface area contributed by atoms with Gasteiger partial charge in [0, 0.05) is 29.9 Å². The number of non-ortho nitro benzene ring substituents is 1. The van der Waals surface area contributed by atoms with Crippen LogP contribution in [0, 0.1) is 10.1 Å². The lowest BCUT2D eigenvalue weighted by Crippen LogP contribution is -2.40. The average molecular weight is 408 g/mol. The van der Waals surface area contributed by atoms with E-state index in [-0.39, 0.29) is 17.4 Å². The molecule has 2 aromatic carbocycles. The van der Waals surface area contributed by atoms with Gasteiger partial charge in [-0.25, -0.2) is 4.79 Å². The minimum atomic E-state index is -1.01. The van der Waals surface area contributed by atoms with Crippen LogP contribution in [-0.2, 0) is 9.53 Å². The number of nitro benzene ring substituents is 1. The van der Waals surface area contributed by atoms with E-state index in [1.54, 1.807) is 18.2 Å². The van der Waals surface area contributed by atoms with Gasteiger partial charge < -0.3 is 14.1 Å². The quantitative estimate of drug-likeness (QED) is 0.325. The zero-order chi connectivity index (χ0) is 21.7. The molecule has 0 unspecified atom stereocenters. The first-order valence-electron chi connectivity index (χ1n) is 9.32. The molecule has 3 aromatic rings. The summed E-state index contributed by atoms with van der Waals surface area (Å²) in [6.07, 6.45) is -1.01. The number of amides is 1. The average Bonchev–Trinajstić information content (AvgIpc) is 3.25. The lowest BCUT2D eigenvalue weighted by Gasteiger charge is -2.24. The molecule has 0 aliphatic rings. The van der Waals surface area contributed by atoms with Crippen LogP contribution in [0.4, 0.5) is 11.4 Å².